The Kier molecular flexibility index (Phi) is 5.05. The number of ether oxygens (including phenoxy) is 2. The number of esters is 1. The number of aliphatic hydroxyl groups excluding tert-OH is 1. The molecule has 0 aromatic carbocycles. The Bertz CT molecular complexity index is 199. The quantitative estimate of drug-likeness (QED) is 0.715. The van der Waals surface area contributed by atoms with Crippen LogP contribution in [0.25, 0.3) is 0 Å². The molecule has 1 rings (SSSR count). The first-order valence-corrected chi connectivity index (χ1v) is 5.49. The Morgan fingerprint density at radius 2 is 1.87 bits per heavy atom. The predicted molar refractivity (Wildman–Crippen MR) is 55.4 cm³/mol. The fourth-order valence-electron chi connectivity index (χ4n) is 2.30. The van der Waals surface area contributed by atoms with Crippen LogP contribution in [-0.4, -0.2) is 37.5 Å². The molecule has 0 aliphatic heterocycles. The normalized spacial score (nSPS) is 22.1. The van der Waals surface area contributed by atoms with Crippen LogP contribution in [-0.2, 0) is 14.3 Å². The summed E-state index contributed by atoms with van der Waals surface area (Å²) < 4.78 is 9.74. The van der Waals surface area contributed by atoms with Crippen molar-refractivity contribution in [2.45, 2.75) is 44.3 Å². The molecule has 88 valence electrons. The molecule has 0 unspecified atom stereocenters. The van der Waals surface area contributed by atoms with Crippen LogP contribution in [0.2, 0.25) is 0 Å². The second-order valence-electron chi connectivity index (χ2n) is 4.07. The minimum atomic E-state index is -1.15. The molecule has 1 N–H and O–H groups in total. The van der Waals surface area contributed by atoms with E-state index in [0.29, 0.717) is 0 Å². The topological polar surface area (TPSA) is 55.8 Å². The number of hydrogen-bond donors (Lipinski definition) is 1. The minimum absolute atomic E-state index is 0.276. The SMILES string of the molecule is COC(=O)[C@@H](O)[C@@H](OC)C1CCCCC1. The molecule has 2 atom stereocenters. The maximum atomic E-state index is 11.2. The van der Waals surface area contributed by atoms with E-state index in [1.165, 1.54) is 20.6 Å². The van der Waals surface area contributed by atoms with Crippen LogP contribution in [0.5, 0.6) is 0 Å². The first-order valence-electron chi connectivity index (χ1n) is 5.49. The van der Waals surface area contributed by atoms with Crippen molar-refractivity contribution < 1.29 is 19.4 Å². The molecule has 0 aromatic rings. The number of aliphatic hydroxyl groups is 1. The van der Waals surface area contributed by atoms with Crippen molar-refractivity contribution in [1.29, 1.82) is 0 Å². The molecule has 1 saturated carbocycles. The molecule has 4 nitrogen and oxygen atoms in total. The number of carbonyl (C=O) groups is 1. The van der Waals surface area contributed by atoms with Gasteiger partial charge in [-0.1, -0.05) is 19.3 Å². The van der Waals surface area contributed by atoms with Crippen molar-refractivity contribution in [3.05, 3.63) is 0 Å². The summed E-state index contributed by atoms with van der Waals surface area (Å²) in [5.41, 5.74) is 0. The highest BCUT2D eigenvalue weighted by molar-refractivity contribution is 5.75. The lowest BCUT2D eigenvalue weighted by atomic mass is 9.83. The van der Waals surface area contributed by atoms with Gasteiger partial charge in [-0.25, -0.2) is 4.79 Å². The molecule has 0 amide bonds. The molecule has 1 aliphatic rings. The molecule has 0 heterocycles. The van der Waals surface area contributed by atoms with E-state index < -0.39 is 18.2 Å². The van der Waals surface area contributed by atoms with Gasteiger partial charge in [0.25, 0.3) is 0 Å². The predicted octanol–water partition coefficient (Wildman–Crippen LogP) is 1.12. The summed E-state index contributed by atoms with van der Waals surface area (Å²) in [5.74, 6) is -0.328. The van der Waals surface area contributed by atoms with Gasteiger partial charge in [0.05, 0.1) is 13.2 Å². The zero-order valence-electron chi connectivity index (χ0n) is 9.44. The van der Waals surface area contributed by atoms with Crippen LogP contribution in [0.15, 0.2) is 0 Å². The van der Waals surface area contributed by atoms with Crippen LogP contribution in [0.1, 0.15) is 32.1 Å². The molecule has 0 radical (unpaired) electrons. The molecular formula is C11H20O4. The minimum Gasteiger partial charge on any atom is -0.467 e. The third kappa shape index (κ3) is 3.18. The Balaban J connectivity index is 2.56. The first-order chi connectivity index (χ1) is 7.20. The van der Waals surface area contributed by atoms with E-state index in [1.54, 1.807) is 0 Å². The van der Waals surface area contributed by atoms with Crippen molar-refractivity contribution >= 4 is 5.97 Å². The molecule has 1 fully saturated rings. The first kappa shape index (κ1) is 12.5. The van der Waals surface area contributed by atoms with Crippen molar-refractivity contribution in [2.75, 3.05) is 14.2 Å². The smallest absolute Gasteiger partial charge is 0.337 e. The fraction of sp³-hybridized carbons (Fsp3) is 0.909. The number of methoxy groups -OCH3 is 2. The van der Waals surface area contributed by atoms with Crippen LogP contribution >= 0.6 is 0 Å². The van der Waals surface area contributed by atoms with Gasteiger partial charge in [0, 0.05) is 7.11 Å². The van der Waals surface area contributed by atoms with E-state index in [0.717, 1.165) is 25.7 Å². The monoisotopic (exact) mass is 216 g/mol. The second-order valence-corrected chi connectivity index (χ2v) is 4.07. The fourth-order valence-corrected chi connectivity index (χ4v) is 2.30. The van der Waals surface area contributed by atoms with Crippen LogP contribution in [0, 0.1) is 5.92 Å². The van der Waals surface area contributed by atoms with Gasteiger partial charge in [-0.05, 0) is 18.8 Å². The molecular weight excluding hydrogens is 196 g/mol. The van der Waals surface area contributed by atoms with Gasteiger partial charge in [-0.3, -0.25) is 0 Å². The Morgan fingerprint density at radius 1 is 1.27 bits per heavy atom. The third-order valence-corrected chi connectivity index (χ3v) is 3.14. The summed E-state index contributed by atoms with van der Waals surface area (Å²) in [6.07, 6.45) is 4.01. The Hall–Kier alpha value is -0.610. The zero-order valence-corrected chi connectivity index (χ0v) is 9.44. The van der Waals surface area contributed by atoms with E-state index >= 15 is 0 Å². The van der Waals surface area contributed by atoms with E-state index in [9.17, 15) is 9.90 Å². The lowest BCUT2D eigenvalue weighted by Crippen LogP contribution is -2.42. The standard InChI is InChI=1S/C11H20O4/c1-14-10(9(12)11(13)15-2)8-6-4-3-5-7-8/h8-10,12H,3-7H2,1-2H3/t9-,10-/m0/s1. The summed E-state index contributed by atoms with van der Waals surface area (Å²) in [5, 5.41) is 9.73. The summed E-state index contributed by atoms with van der Waals surface area (Å²) in [6, 6.07) is 0. The molecule has 0 aromatic heterocycles. The van der Waals surface area contributed by atoms with Crippen LogP contribution in [0.4, 0.5) is 0 Å². The van der Waals surface area contributed by atoms with E-state index in [4.69, 9.17) is 4.74 Å². The van der Waals surface area contributed by atoms with Gasteiger partial charge in [0.2, 0.25) is 0 Å². The lowest BCUT2D eigenvalue weighted by molar-refractivity contribution is -0.161. The van der Waals surface area contributed by atoms with Gasteiger partial charge >= 0.3 is 5.97 Å². The molecule has 0 saturated heterocycles. The molecule has 15 heavy (non-hydrogen) atoms. The summed E-state index contributed by atoms with van der Waals surface area (Å²) in [4.78, 5) is 11.2. The zero-order chi connectivity index (χ0) is 11.3. The number of carbonyl (C=O) groups excluding carboxylic acids is 1. The van der Waals surface area contributed by atoms with Gasteiger partial charge in [0.1, 0.15) is 0 Å². The molecule has 0 bridgehead atoms. The van der Waals surface area contributed by atoms with Crippen LogP contribution < -0.4 is 0 Å². The molecule has 1 aliphatic carbocycles. The summed E-state index contributed by atoms with van der Waals surface area (Å²) in [6.45, 7) is 0. The van der Waals surface area contributed by atoms with Crippen molar-refractivity contribution in [3.8, 4) is 0 Å². The van der Waals surface area contributed by atoms with Gasteiger partial charge in [0.15, 0.2) is 6.10 Å². The maximum absolute atomic E-state index is 11.2. The summed E-state index contributed by atoms with van der Waals surface area (Å²) in [7, 11) is 2.81. The third-order valence-electron chi connectivity index (χ3n) is 3.14. The van der Waals surface area contributed by atoms with E-state index in [-0.39, 0.29) is 5.92 Å². The van der Waals surface area contributed by atoms with E-state index in [1.807, 2.05) is 0 Å². The lowest BCUT2D eigenvalue weighted by Gasteiger charge is -2.31. The average Bonchev–Trinajstić information content (AvgIpc) is 2.30. The van der Waals surface area contributed by atoms with Crippen molar-refractivity contribution in [2.24, 2.45) is 5.92 Å². The van der Waals surface area contributed by atoms with Gasteiger partial charge in [-0.2, -0.15) is 0 Å². The summed E-state index contributed by atoms with van der Waals surface area (Å²) >= 11 is 0. The number of rotatable bonds is 4. The highest BCUT2D eigenvalue weighted by Crippen LogP contribution is 2.29. The molecule has 4 heteroatoms. The van der Waals surface area contributed by atoms with Gasteiger partial charge < -0.3 is 14.6 Å². The highest BCUT2D eigenvalue weighted by Gasteiger charge is 2.34. The largest absolute Gasteiger partial charge is 0.467 e. The number of hydrogen-bond acceptors (Lipinski definition) is 4. The average molecular weight is 216 g/mol. The Labute approximate surface area is 90.6 Å². The Morgan fingerprint density at radius 3 is 2.33 bits per heavy atom. The van der Waals surface area contributed by atoms with Crippen LogP contribution in [0.3, 0.4) is 0 Å². The molecule has 0 spiro atoms. The van der Waals surface area contributed by atoms with Gasteiger partial charge in [-0.15, -0.1) is 0 Å². The second kappa shape index (κ2) is 6.08. The maximum Gasteiger partial charge on any atom is 0.337 e. The highest BCUT2D eigenvalue weighted by atomic mass is 16.5. The van der Waals surface area contributed by atoms with E-state index in [2.05, 4.69) is 4.74 Å². The van der Waals surface area contributed by atoms with Crippen molar-refractivity contribution in [3.63, 3.8) is 0 Å². The van der Waals surface area contributed by atoms with Crippen molar-refractivity contribution in [1.82, 2.24) is 0 Å².